The fraction of sp³-hybridized carbons (Fsp3) is 0.100. The highest BCUT2D eigenvalue weighted by atomic mass is 19.4. The summed E-state index contributed by atoms with van der Waals surface area (Å²) in [5.74, 6) is 0.431. The van der Waals surface area contributed by atoms with Gasteiger partial charge in [-0.25, -0.2) is 0 Å². The third-order valence-electron chi connectivity index (χ3n) is 3.60. The van der Waals surface area contributed by atoms with Crippen LogP contribution in [0.25, 0.3) is 11.1 Å². The second kappa shape index (κ2) is 6.79. The molecular formula is C20H14F3O. The summed E-state index contributed by atoms with van der Waals surface area (Å²) < 4.78 is 44.8. The summed E-state index contributed by atoms with van der Waals surface area (Å²) in [6, 6.07) is 23.3. The molecule has 1 nitrogen and oxygen atoms in total. The minimum absolute atomic E-state index is 0.0984. The van der Waals surface area contributed by atoms with E-state index in [2.05, 4.69) is 6.07 Å². The summed E-state index contributed by atoms with van der Waals surface area (Å²) in [5, 5.41) is 0. The average molecular weight is 327 g/mol. The minimum atomic E-state index is -4.40. The lowest BCUT2D eigenvalue weighted by molar-refractivity contribution is -0.138. The van der Waals surface area contributed by atoms with Crippen LogP contribution in [0.2, 0.25) is 0 Å². The Morgan fingerprint density at radius 2 is 1.54 bits per heavy atom. The monoisotopic (exact) mass is 327 g/mol. The molecule has 0 aliphatic rings. The van der Waals surface area contributed by atoms with Crippen molar-refractivity contribution in [2.24, 2.45) is 0 Å². The van der Waals surface area contributed by atoms with Crippen LogP contribution in [-0.4, -0.2) is 0 Å². The first-order valence-electron chi connectivity index (χ1n) is 7.40. The van der Waals surface area contributed by atoms with E-state index >= 15 is 0 Å². The molecule has 0 saturated heterocycles. The topological polar surface area (TPSA) is 9.23 Å². The van der Waals surface area contributed by atoms with Crippen molar-refractivity contribution in [3.63, 3.8) is 0 Å². The maximum absolute atomic E-state index is 13.1. The molecule has 0 N–H and O–H groups in total. The SMILES string of the molecule is FC(F)(F)c1ccccc1COc1[c]cccc1-c1ccccc1. The number of hydrogen-bond acceptors (Lipinski definition) is 1. The Labute approximate surface area is 138 Å². The van der Waals surface area contributed by atoms with Gasteiger partial charge in [0.25, 0.3) is 0 Å². The molecule has 4 heteroatoms. The van der Waals surface area contributed by atoms with Gasteiger partial charge in [-0.1, -0.05) is 66.7 Å². The van der Waals surface area contributed by atoms with Gasteiger partial charge in [0.2, 0.25) is 0 Å². The van der Waals surface area contributed by atoms with Gasteiger partial charge in [-0.3, -0.25) is 0 Å². The minimum Gasteiger partial charge on any atom is -0.488 e. The molecule has 3 rings (SSSR count). The van der Waals surface area contributed by atoms with Crippen molar-refractivity contribution in [1.29, 1.82) is 0 Å². The van der Waals surface area contributed by atoms with Gasteiger partial charge in [0.05, 0.1) is 5.56 Å². The highest BCUT2D eigenvalue weighted by Gasteiger charge is 2.33. The fourth-order valence-electron chi connectivity index (χ4n) is 2.46. The molecule has 0 aromatic heterocycles. The molecule has 3 aromatic rings. The molecule has 3 aromatic carbocycles. The quantitative estimate of drug-likeness (QED) is 0.593. The van der Waals surface area contributed by atoms with E-state index in [4.69, 9.17) is 4.74 Å². The summed E-state index contributed by atoms with van der Waals surface area (Å²) in [4.78, 5) is 0. The van der Waals surface area contributed by atoms with E-state index in [-0.39, 0.29) is 12.2 Å². The second-order valence-corrected chi connectivity index (χ2v) is 5.22. The predicted octanol–water partition coefficient (Wildman–Crippen LogP) is 5.75. The summed E-state index contributed by atoms with van der Waals surface area (Å²) in [7, 11) is 0. The van der Waals surface area contributed by atoms with E-state index < -0.39 is 11.7 Å². The number of ether oxygens (including phenoxy) is 1. The highest BCUT2D eigenvalue weighted by molar-refractivity contribution is 5.69. The van der Waals surface area contributed by atoms with Crippen LogP contribution in [-0.2, 0) is 12.8 Å². The first-order valence-corrected chi connectivity index (χ1v) is 7.40. The molecule has 0 atom stereocenters. The number of para-hydroxylation sites is 1. The van der Waals surface area contributed by atoms with E-state index in [9.17, 15) is 13.2 Å². The molecule has 0 saturated carbocycles. The van der Waals surface area contributed by atoms with Gasteiger partial charge < -0.3 is 4.74 Å². The average Bonchev–Trinajstić information content (AvgIpc) is 2.60. The largest absolute Gasteiger partial charge is 0.488 e. The zero-order valence-electron chi connectivity index (χ0n) is 12.7. The Hall–Kier alpha value is -2.75. The van der Waals surface area contributed by atoms with Gasteiger partial charge in [0.15, 0.2) is 0 Å². The van der Waals surface area contributed by atoms with E-state index in [0.29, 0.717) is 5.75 Å². The van der Waals surface area contributed by atoms with Gasteiger partial charge in [-0.05, 0) is 11.6 Å². The van der Waals surface area contributed by atoms with E-state index in [0.717, 1.165) is 17.2 Å². The van der Waals surface area contributed by atoms with Gasteiger partial charge >= 0.3 is 6.18 Å². The highest BCUT2D eigenvalue weighted by Crippen LogP contribution is 2.34. The van der Waals surface area contributed by atoms with Crippen molar-refractivity contribution in [2.75, 3.05) is 0 Å². The number of rotatable bonds is 4. The number of hydrogen-bond donors (Lipinski definition) is 0. The Bertz CT molecular complexity index is 810. The summed E-state index contributed by atoms with van der Waals surface area (Å²) in [6.45, 7) is -0.171. The molecule has 0 fully saturated rings. The molecule has 0 aliphatic carbocycles. The molecule has 0 spiro atoms. The summed E-state index contributed by atoms with van der Waals surface area (Å²) in [5.41, 5.74) is 1.14. The summed E-state index contributed by atoms with van der Waals surface area (Å²) in [6.07, 6.45) is -4.40. The number of alkyl halides is 3. The molecule has 0 bridgehead atoms. The van der Waals surface area contributed by atoms with Crippen LogP contribution in [0.3, 0.4) is 0 Å². The zero-order chi connectivity index (χ0) is 17.0. The van der Waals surface area contributed by atoms with Crippen molar-refractivity contribution >= 4 is 0 Å². The fourth-order valence-corrected chi connectivity index (χ4v) is 2.46. The number of benzene rings is 3. The summed E-state index contributed by atoms with van der Waals surface area (Å²) >= 11 is 0. The van der Waals surface area contributed by atoms with Gasteiger partial charge in [-0.2, -0.15) is 13.2 Å². The van der Waals surface area contributed by atoms with Crippen molar-refractivity contribution in [1.82, 2.24) is 0 Å². The van der Waals surface area contributed by atoms with Crippen LogP contribution in [0.4, 0.5) is 13.2 Å². The lowest BCUT2D eigenvalue weighted by Gasteiger charge is -2.15. The third kappa shape index (κ3) is 3.59. The Kier molecular flexibility index (Phi) is 4.56. The van der Waals surface area contributed by atoms with Crippen molar-refractivity contribution in [2.45, 2.75) is 12.8 Å². The number of halogens is 3. The Balaban J connectivity index is 1.87. The maximum Gasteiger partial charge on any atom is 0.416 e. The molecule has 0 unspecified atom stereocenters. The van der Waals surface area contributed by atoms with Gasteiger partial charge in [0, 0.05) is 17.2 Å². The molecule has 121 valence electrons. The Morgan fingerprint density at radius 1 is 0.833 bits per heavy atom. The van der Waals surface area contributed by atoms with Crippen LogP contribution in [0.5, 0.6) is 5.75 Å². The van der Waals surface area contributed by atoms with Crippen molar-refractivity contribution in [3.05, 3.63) is 90.0 Å². The van der Waals surface area contributed by atoms with Crippen molar-refractivity contribution < 1.29 is 17.9 Å². The van der Waals surface area contributed by atoms with Crippen LogP contribution >= 0.6 is 0 Å². The lowest BCUT2D eigenvalue weighted by Crippen LogP contribution is -2.10. The molecular weight excluding hydrogens is 313 g/mol. The predicted molar refractivity (Wildman–Crippen MR) is 86.5 cm³/mol. The smallest absolute Gasteiger partial charge is 0.416 e. The van der Waals surface area contributed by atoms with Crippen LogP contribution < -0.4 is 4.74 Å². The van der Waals surface area contributed by atoms with Crippen LogP contribution in [0, 0.1) is 6.07 Å². The third-order valence-corrected chi connectivity index (χ3v) is 3.60. The van der Waals surface area contributed by atoms with Crippen LogP contribution in [0.1, 0.15) is 11.1 Å². The van der Waals surface area contributed by atoms with Crippen molar-refractivity contribution in [3.8, 4) is 16.9 Å². The van der Waals surface area contributed by atoms with E-state index in [1.54, 1.807) is 12.1 Å². The standard InChI is InChI=1S/C20H14F3O/c21-20(22,23)18-12-6-4-10-16(18)14-24-19-13-7-5-11-17(19)15-8-2-1-3-9-15/h1-12H,14H2. The van der Waals surface area contributed by atoms with Gasteiger partial charge in [-0.15, -0.1) is 0 Å². The normalized spacial score (nSPS) is 11.3. The molecule has 0 amide bonds. The maximum atomic E-state index is 13.1. The molecule has 1 radical (unpaired) electrons. The molecule has 0 heterocycles. The Morgan fingerprint density at radius 3 is 2.29 bits per heavy atom. The first-order chi connectivity index (χ1) is 11.6. The lowest BCUT2D eigenvalue weighted by atomic mass is 10.0. The van der Waals surface area contributed by atoms with E-state index in [1.807, 2.05) is 42.5 Å². The van der Waals surface area contributed by atoms with Crippen LogP contribution in [0.15, 0.2) is 72.8 Å². The second-order valence-electron chi connectivity index (χ2n) is 5.22. The first kappa shape index (κ1) is 16.1. The zero-order valence-corrected chi connectivity index (χ0v) is 12.7. The molecule has 24 heavy (non-hydrogen) atoms. The molecule has 0 aliphatic heterocycles. The van der Waals surface area contributed by atoms with Gasteiger partial charge in [0.1, 0.15) is 12.4 Å². The van der Waals surface area contributed by atoms with E-state index in [1.165, 1.54) is 12.1 Å².